The Hall–Kier alpha value is -2.37. The molecule has 1 atom stereocenters. The molecule has 1 aromatic carbocycles. The van der Waals surface area contributed by atoms with Gasteiger partial charge in [0.15, 0.2) is 0 Å². The van der Waals surface area contributed by atoms with Crippen LogP contribution in [0.25, 0.3) is 0 Å². The summed E-state index contributed by atoms with van der Waals surface area (Å²) in [6.45, 7) is 1.62. The lowest BCUT2D eigenvalue weighted by atomic mass is 9.79. The van der Waals surface area contributed by atoms with E-state index in [9.17, 15) is 18.0 Å². The Bertz CT molecular complexity index is 940. The molecule has 0 bridgehead atoms. The molecule has 1 aromatic heterocycles. The summed E-state index contributed by atoms with van der Waals surface area (Å²) >= 11 is 0. The van der Waals surface area contributed by atoms with Gasteiger partial charge in [0.25, 0.3) is 0 Å². The van der Waals surface area contributed by atoms with Crippen molar-refractivity contribution >= 4 is 5.91 Å². The molecule has 31 heavy (non-hydrogen) atoms. The van der Waals surface area contributed by atoms with E-state index in [0.29, 0.717) is 29.6 Å². The summed E-state index contributed by atoms with van der Waals surface area (Å²) in [7, 11) is 0. The number of carbonyl (C=O) groups excluding carboxylic acids is 1. The van der Waals surface area contributed by atoms with Gasteiger partial charge in [-0.15, -0.1) is 0 Å². The molecule has 3 aliphatic rings. The average Bonchev–Trinajstić information content (AvgIpc) is 3.51. The van der Waals surface area contributed by atoms with Gasteiger partial charge >= 0.3 is 6.18 Å². The Morgan fingerprint density at radius 2 is 1.71 bits per heavy atom. The molecule has 1 aliphatic heterocycles. The predicted octanol–water partition coefficient (Wildman–Crippen LogP) is 5.59. The zero-order valence-corrected chi connectivity index (χ0v) is 17.5. The van der Waals surface area contributed by atoms with Gasteiger partial charge in [0.05, 0.1) is 5.56 Å². The number of pyridine rings is 1. The maximum absolute atomic E-state index is 12.8. The highest BCUT2D eigenvalue weighted by molar-refractivity contribution is 5.83. The molecule has 164 valence electrons. The van der Waals surface area contributed by atoms with Crippen molar-refractivity contribution in [1.29, 1.82) is 0 Å². The van der Waals surface area contributed by atoms with Crippen molar-refractivity contribution in [2.24, 2.45) is 11.3 Å². The fraction of sp³-hybridized carbons (Fsp3) is 0.520. The van der Waals surface area contributed by atoms with E-state index in [-0.39, 0.29) is 0 Å². The van der Waals surface area contributed by atoms with Crippen LogP contribution in [-0.4, -0.2) is 28.9 Å². The van der Waals surface area contributed by atoms with Crippen LogP contribution < -0.4 is 0 Å². The third kappa shape index (κ3) is 4.09. The average molecular weight is 428 g/mol. The second-order valence-corrected chi connectivity index (χ2v) is 9.53. The highest BCUT2D eigenvalue weighted by Crippen LogP contribution is 2.66. The molecule has 6 heteroatoms. The van der Waals surface area contributed by atoms with Crippen molar-refractivity contribution < 1.29 is 18.0 Å². The number of halogens is 3. The second kappa shape index (κ2) is 7.64. The van der Waals surface area contributed by atoms with E-state index in [2.05, 4.69) is 9.88 Å². The summed E-state index contributed by atoms with van der Waals surface area (Å²) in [5.41, 5.74) is 2.62. The van der Waals surface area contributed by atoms with Gasteiger partial charge in [0.1, 0.15) is 0 Å². The van der Waals surface area contributed by atoms with Crippen molar-refractivity contribution in [1.82, 2.24) is 9.88 Å². The van der Waals surface area contributed by atoms with E-state index in [1.54, 1.807) is 0 Å². The van der Waals surface area contributed by atoms with Gasteiger partial charge in [0.2, 0.25) is 5.91 Å². The maximum Gasteiger partial charge on any atom is 0.416 e. The first-order valence-electron chi connectivity index (χ1n) is 11.2. The molecular weight excluding hydrogens is 401 g/mol. The summed E-state index contributed by atoms with van der Waals surface area (Å²) in [5, 5.41) is 0. The van der Waals surface area contributed by atoms with E-state index in [1.165, 1.54) is 31.4 Å². The zero-order valence-electron chi connectivity index (χ0n) is 17.5. The molecule has 2 aromatic rings. The van der Waals surface area contributed by atoms with Crippen LogP contribution in [0.3, 0.4) is 0 Å². The summed E-state index contributed by atoms with van der Waals surface area (Å²) in [6.07, 6.45) is 4.83. The van der Waals surface area contributed by atoms with Gasteiger partial charge < -0.3 is 4.90 Å². The molecule has 2 heterocycles. The largest absolute Gasteiger partial charge is 0.416 e. The minimum atomic E-state index is -4.31. The van der Waals surface area contributed by atoms with Crippen LogP contribution in [0.1, 0.15) is 66.8 Å². The van der Waals surface area contributed by atoms with Gasteiger partial charge in [-0.3, -0.25) is 9.78 Å². The Kier molecular flexibility index (Phi) is 5.06. The first kappa shape index (κ1) is 20.5. The van der Waals surface area contributed by atoms with Crippen LogP contribution in [0.5, 0.6) is 0 Å². The molecule has 0 radical (unpaired) electrons. The number of carbonyl (C=O) groups is 1. The van der Waals surface area contributed by atoms with E-state index in [1.807, 2.05) is 18.3 Å². The maximum atomic E-state index is 12.8. The fourth-order valence-electron chi connectivity index (χ4n) is 5.33. The van der Waals surface area contributed by atoms with Crippen LogP contribution >= 0.6 is 0 Å². The van der Waals surface area contributed by atoms with Gasteiger partial charge in [-0.25, -0.2) is 0 Å². The van der Waals surface area contributed by atoms with Crippen LogP contribution in [0, 0.1) is 11.3 Å². The summed E-state index contributed by atoms with van der Waals surface area (Å²) in [4.78, 5) is 19.5. The molecule has 2 saturated carbocycles. The van der Waals surface area contributed by atoms with Crippen molar-refractivity contribution in [3.63, 3.8) is 0 Å². The molecule has 1 amide bonds. The lowest BCUT2D eigenvalue weighted by Crippen LogP contribution is -2.40. The van der Waals surface area contributed by atoms with Crippen LogP contribution in [0.4, 0.5) is 13.2 Å². The quantitative estimate of drug-likeness (QED) is 0.636. The first-order valence-corrected chi connectivity index (χ1v) is 11.2. The van der Waals surface area contributed by atoms with Crippen LogP contribution in [-0.2, 0) is 17.4 Å². The van der Waals surface area contributed by atoms with Gasteiger partial charge in [0, 0.05) is 36.8 Å². The predicted molar refractivity (Wildman–Crippen MR) is 111 cm³/mol. The van der Waals surface area contributed by atoms with E-state index in [4.69, 9.17) is 0 Å². The van der Waals surface area contributed by atoms with Crippen molar-refractivity contribution in [3.8, 4) is 0 Å². The topological polar surface area (TPSA) is 33.2 Å². The Morgan fingerprint density at radius 1 is 1.03 bits per heavy atom. The van der Waals surface area contributed by atoms with Crippen LogP contribution in [0.2, 0.25) is 0 Å². The summed E-state index contributed by atoms with van der Waals surface area (Å²) in [5.74, 6) is 1.03. The Labute approximate surface area is 180 Å². The number of rotatable bonds is 4. The van der Waals surface area contributed by atoms with E-state index in [0.717, 1.165) is 61.3 Å². The Morgan fingerprint density at radius 3 is 2.23 bits per heavy atom. The molecule has 1 spiro atoms. The SMILES string of the molecule is O=C([C@@H]1CC12CCC2)N1CCC(c2ccc(Cc3ccc(C(F)(F)F)cc3)cn2)CC1. The number of aromatic nitrogens is 1. The smallest absolute Gasteiger partial charge is 0.342 e. The minimum Gasteiger partial charge on any atom is -0.342 e. The molecular formula is C25H27F3N2O. The first-order chi connectivity index (χ1) is 14.8. The third-order valence-electron chi connectivity index (χ3n) is 7.60. The molecule has 1 saturated heterocycles. The molecule has 3 fully saturated rings. The third-order valence-corrected chi connectivity index (χ3v) is 7.60. The fourth-order valence-corrected chi connectivity index (χ4v) is 5.33. The molecule has 3 nitrogen and oxygen atoms in total. The highest BCUT2D eigenvalue weighted by atomic mass is 19.4. The highest BCUT2D eigenvalue weighted by Gasteiger charge is 2.61. The minimum absolute atomic E-state index is 0.292. The molecule has 2 aliphatic carbocycles. The zero-order chi connectivity index (χ0) is 21.6. The van der Waals surface area contributed by atoms with E-state index >= 15 is 0 Å². The van der Waals surface area contributed by atoms with Gasteiger partial charge in [-0.2, -0.15) is 13.2 Å². The summed E-state index contributed by atoms with van der Waals surface area (Å²) in [6, 6.07) is 9.35. The number of nitrogens with zero attached hydrogens (tertiary/aromatic N) is 2. The van der Waals surface area contributed by atoms with Crippen molar-refractivity contribution in [2.75, 3.05) is 13.1 Å². The monoisotopic (exact) mass is 428 g/mol. The number of benzene rings is 1. The number of piperidine rings is 1. The molecule has 0 unspecified atom stereocenters. The number of likely N-dealkylation sites (tertiary alicyclic amines) is 1. The van der Waals surface area contributed by atoms with Crippen molar-refractivity contribution in [3.05, 3.63) is 65.0 Å². The number of hydrogen-bond donors (Lipinski definition) is 0. The normalized spacial score (nSPS) is 22.9. The molecule has 0 N–H and O–H groups in total. The number of alkyl halides is 3. The number of hydrogen-bond acceptors (Lipinski definition) is 2. The van der Waals surface area contributed by atoms with Gasteiger partial charge in [-0.1, -0.05) is 24.6 Å². The number of amides is 1. The summed E-state index contributed by atoms with van der Waals surface area (Å²) < 4.78 is 38.1. The van der Waals surface area contributed by atoms with Crippen LogP contribution in [0.15, 0.2) is 42.6 Å². The molecule has 5 rings (SSSR count). The standard InChI is InChI=1S/C25H27F3N2O/c26-25(27,28)20-5-2-17(3-6-20)14-18-4-7-22(29-16-18)19-8-12-30(13-9-19)23(31)21-15-24(21)10-1-11-24/h2-7,16,19,21H,1,8-15H2/t21-/m0/s1. The van der Waals surface area contributed by atoms with Gasteiger partial charge in [-0.05, 0) is 73.3 Å². The second-order valence-electron chi connectivity index (χ2n) is 9.53. The van der Waals surface area contributed by atoms with E-state index < -0.39 is 11.7 Å². The lowest BCUT2D eigenvalue weighted by molar-refractivity contribution is -0.137. The van der Waals surface area contributed by atoms with Crippen molar-refractivity contribution in [2.45, 2.75) is 57.0 Å². The lowest BCUT2D eigenvalue weighted by Gasteiger charge is -2.34. The Balaban J connectivity index is 1.14.